The highest BCUT2D eigenvalue weighted by Crippen LogP contribution is 2.03. The van der Waals surface area contributed by atoms with Crippen LogP contribution in [0.4, 0.5) is 5.69 Å². The lowest BCUT2D eigenvalue weighted by Gasteiger charge is -2.02. The van der Waals surface area contributed by atoms with Gasteiger partial charge in [-0.1, -0.05) is 0 Å². The molecule has 0 radical (unpaired) electrons. The standard InChI is InChI=1S/C9H18N4/c1-10-5-3-4-6-11-9-7-12-13(2)8-9/h7-8,10-11H,3-6H2,1-2H3. The van der Waals surface area contributed by atoms with Crippen LogP contribution in [-0.2, 0) is 7.05 Å². The molecule has 0 aromatic carbocycles. The van der Waals surface area contributed by atoms with Crippen molar-refractivity contribution in [2.45, 2.75) is 12.8 Å². The van der Waals surface area contributed by atoms with E-state index in [1.165, 1.54) is 12.8 Å². The molecule has 1 rings (SSSR count). The van der Waals surface area contributed by atoms with Crippen LogP contribution >= 0.6 is 0 Å². The fraction of sp³-hybridized carbons (Fsp3) is 0.667. The number of aromatic nitrogens is 2. The van der Waals surface area contributed by atoms with Crippen molar-refractivity contribution in [1.29, 1.82) is 0 Å². The summed E-state index contributed by atoms with van der Waals surface area (Å²) in [7, 11) is 3.90. The average molecular weight is 182 g/mol. The summed E-state index contributed by atoms with van der Waals surface area (Å²) in [4.78, 5) is 0. The summed E-state index contributed by atoms with van der Waals surface area (Å²) in [6.45, 7) is 2.11. The average Bonchev–Trinajstić information content (AvgIpc) is 2.51. The van der Waals surface area contributed by atoms with Crippen molar-refractivity contribution < 1.29 is 0 Å². The van der Waals surface area contributed by atoms with Gasteiger partial charge in [0.05, 0.1) is 11.9 Å². The molecule has 2 N–H and O–H groups in total. The van der Waals surface area contributed by atoms with E-state index in [0.29, 0.717) is 0 Å². The quantitative estimate of drug-likeness (QED) is 0.640. The van der Waals surface area contributed by atoms with Gasteiger partial charge in [0.15, 0.2) is 0 Å². The predicted molar refractivity (Wildman–Crippen MR) is 54.9 cm³/mol. The van der Waals surface area contributed by atoms with Crippen molar-refractivity contribution in [1.82, 2.24) is 15.1 Å². The Morgan fingerprint density at radius 3 is 2.77 bits per heavy atom. The second-order valence-corrected chi connectivity index (χ2v) is 3.14. The maximum atomic E-state index is 4.07. The Kier molecular flexibility index (Phi) is 4.32. The first-order valence-electron chi connectivity index (χ1n) is 4.70. The zero-order chi connectivity index (χ0) is 9.52. The molecular weight excluding hydrogens is 164 g/mol. The number of nitrogens with zero attached hydrogens (tertiary/aromatic N) is 2. The Morgan fingerprint density at radius 2 is 2.15 bits per heavy atom. The Hall–Kier alpha value is -1.03. The molecule has 0 amide bonds. The van der Waals surface area contributed by atoms with Crippen LogP contribution in [0.25, 0.3) is 0 Å². The van der Waals surface area contributed by atoms with Crippen LogP contribution in [-0.4, -0.2) is 29.9 Å². The van der Waals surface area contributed by atoms with Crippen LogP contribution in [0.2, 0.25) is 0 Å². The second kappa shape index (κ2) is 5.59. The van der Waals surface area contributed by atoms with Crippen molar-refractivity contribution in [2.24, 2.45) is 7.05 Å². The Balaban J connectivity index is 2.06. The summed E-state index contributed by atoms with van der Waals surface area (Å²) in [5, 5.41) is 10.5. The summed E-state index contributed by atoms with van der Waals surface area (Å²) in [6, 6.07) is 0. The van der Waals surface area contributed by atoms with Gasteiger partial charge in [-0.25, -0.2) is 0 Å². The Labute approximate surface area is 79.3 Å². The molecule has 1 aromatic heterocycles. The summed E-state index contributed by atoms with van der Waals surface area (Å²) in [5.74, 6) is 0. The van der Waals surface area contributed by atoms with Gasteiger partial charge in [-0.15, -0.1) is 0 Å². The number of anilines is 1. The lowest BCUT2D eigenvalue weighted by molar-refractivity contribution is 0.694. The molecule has 13 heavy (non-hydrogen) atoms. The van der Waals surface area contributed by atoms with E-state index in [1.807, 2.05) is 26.5 Å². The first-order chi connectivity index (χ1) is 6.33. The highest BCUT2D eigenvalue weighted by molar-refractivity contribution is 5.37. The molecule has 4 nitrogen and oxygen atoms in total. The third kappa shape index (κ3) is 3.94. The molecule has 0 fully saturated rings. The molecule has 0 atom stereocenters. The molecular formula is C9H18N4. The SMILES string of the molecule is CNCCCCNc1cnn(C)c1. The van der Waals surface area contributed by atoms with Crippen LogP contribution in [0, 0.1) is 0 Å². The van der Waals surface area contributed by atoms with E-state index in [9.17, 15) is 0 Å². The highest BCUT2D eigenvalue weighted by Gasteiger charge is 1.93. The maximum absolute atomic E-state index is 4.07. The van der Waals surface area contributed by atoms with Gasteiger partial charge in [0.1, 0.15) is 0 Å². The van der Waals surface area contributed by atoms with Crippen LogP contribution in [0.5, 0.6) is 0 Å². The summed E-state index contributed by atoms with van der Waals surface area (Å²) < 4.78 is 1.80. The van der Waals surface area contributed by atoms with Crippen LogP contribution in [0.3, 0.4) is 0 Å². The monoisotopic (exact) mass is 182 g/mol. The van der Waals surface area contributed by atoms with Gasteiger partial charge in [0, 0.05) is 19.8 Å². The minimum atomic E-state index is 1.02. The minimum Gasteiger partial charge on any atom is -0.383 e. The van der Waals surface area contributed by atoms with E-state index in [2.05, 4.69) is 15.7 Å². The number of rotatable bonds is 6. The van der Waals surface area contributed by atoms with Crippen LogP contribution < -0.4 is 10.6 Å². The van der Waals surface area contributed by atoms with Crippen molar-refractivity contribution in [3.63, 3.8) is 0 Å². The molecule has 0 spiro atoms. The molecule has 0 saturated heterocycles. The molecule has 1 heterocycles. The second-order valence-electron chi connectivity index (χ2n) is 3.14. The fourth-order valence-corrected chi connectivity index (χ4v) is 1.17. The van der Waals surface area contributed by atoms with Crippen molar-refractivity contribution in [3.05, 3.63) is 12.4 Å². The topological polar surface area (TPSA) is 41.9 Å². The number of aryl methyl sites for hydroxylation is 1. The third-order valence-corrected chi connectivity index (χ3v) is 1.89. The zero-order valence-electron chi connectivity index (χ0n) is 8.38. The van der Waals surface area contributed by atoms with Gasteiger partial charge in [-0.05, 0) is 26.4 Å². The normalized spacial score (nSPS) is 10.3. The van der Waals surface area contributed by atoms with Gasteiger partial charge in [0.2, 0.25) is 0 Å². The molecule has 0 aliphatic rings. The van der Waals surface area contributed by atoms with Crippen LogP contribution in [0.15, 0.2) is 12.4 Å². The summed E-state index contributed by atoms with van der Waals surface area (Å²) in [6.07, 6.45) is 6.23. The molecule has 0 bridgehead atoms. The van der Waals surface area contributed by atoms with E-state index in [4.69, 9.17) is 0 Å². The smallest absolute Gasteiger partial charge is 0.0726 e. The number of unbranched alkanes of at least 4 members (excludes halogenated alkanes) is 1. The van der Waals surface area contributed by atoms with E-state index >= 15 is 0 Å². The van der Waals surface area contributed by atoms with Gasteiger partial charge in [-0.2, -0.15) is 5.10 Å². The molecule has 0 aliphatic carbocycles. The van der Waals surface area contributed by atoms with Crippen molar-refractivity contribution in [3.8, 4) is 0 Å². The lowest BCUT2D eigenvalue weighted by Crippen LogP contribution is -2.09. The molecule has 0 aliphatic heterocycles. The first kappa shape index (κ1) is 10.1. The Bertz CT molecular complexity index is 231. The predicted octanol–water partition coefficient (Wildman–Crippen LogP) is 0.832. The van der Waals surface area contributed by atoms with Crippen molar-refractivity contribution in [2.75, 3.05) is 25.5 Å². The van der Waals surface area contributed by atoms with Gasteiger partial charge < -0.3 is 10.6 Å². The number of nitrogens with one attached hydrogen (secondary N) is 2. The molecule has 0 unspecified atom stereocenters. The molecule has 0 saturated carbocycles. The first-order valence-corrected chi connectivity index (χ1v) is 4.70. The molecule has 1 aromatic rings. The third-order valence-electron chi connectivity index (χ3n) is 1.89. The number of hydrogen-bond acceptors (Lipinski definition) is 3. The highest BCUT2D eigenvalue weighted by atomic mass is 15.3. The van der Waals surface area contributed by atoms with E-state index in [1.54, 1.807) is 4.68 Å². The largest absolute Gasteiger partial charge is 0.383 e. The molecule has 74 valence electrons. The van der Waals surface area contributed by atoms with Gasteiger partial charge >= 0.3 is 0 Å². The van der Waals surface area contributed by atoms with Crippen LogP contribution in [0.1, 0.15) is 12.8 Å². The van der Waals surface area contributed by atoms with Gasteiger partial charge in [-0.3, -0.25) is 4.68 Å². The van der Waals surface area contributed by atoms with E-state index < -0.39 is 0 Å². The van der Waals surface area contributed by atoms with E-state index in [0.717, 1.165) is 18.8 Å². The maximum Gasteiger partial charge on any atom is 0.0726 e. The summed E-state index contributed by atoms with van der Waals surface area (Å²) in [5.41, 5.74) is 1.10. The summed E-state index contributed by atoms with van der Waals surface area (Å²) >= 11 is 0. The van der Waals surface area contributed by atoms with Gasteiger partial charge in [0.25, 0.3) is 0 Å². The Morgan fingerprint density at radius 1 is 1.38 bits per heavy atom. The van der Waals surface area contributed by atoms with E-state index in [-0.39, 0.29) is 0 Å². The number of hydrogen-bond donors (Lipinski definition) is 2. The van der Waals surface area contributed by atoms with Crippen molar-refractivity contribution >= 4 is 5.69 Å². The fourth-order valence-electron chi connectivity index (χ4n) is 1.17. The zero-order valence-corrected chi connectivity index (χ0v) is 8.38. The minimum absolute atomic E-state index is 1.02. The lowest BCUT2D eigenvalue weighted by atomic mass is 10.3. The molecule has 4 heteroatoms.